The fraction of sp³-hybridized carbons (Fsp3) is 0.211. The monoisotopic (exact) mass is 372 g/mol. The van der Waals surface area contributed by atoms with Crippen LogP contribution in [0.4, 0.5) is 13.2 Å². The quantitative estimate of drug-likeness (QED) is 0.705. The molecule has 138 valence electrons. The van der Waals surface area contributed by atoms with E-state index in [0.29, 0.717) is 13.1 Å². The van der Waals surface area contributed by atoms with Crippen LogP contribution in [0.1, 0.15) is 22.0 Å². The Morgan fingerprint density at radius 3 is 2.48 bits per heavy atom. The number of alkyl halides is 3. The fourth-order valence-corrected chi connectivity index (χ4v) is 3.00. The maximum Gasteiger partial charge on any atom is 0.416 e. The maximum atomic E-state index is 12.8. The molecule has 1 amide bonds. The van der Waals surface area contributed by atoms with Gasteiger partial charge in [0.2, 0.25) is 0 Å². The van der Waals surface area contributed by atoms with Crippen LogP contribution in [0, 0.1) is 0 Å². The molecular formula is C19H15F3N4O. The van der Waals surface area contributed by atoms with Crippen LogP contribution in [0.15, 0.2) is 60.8 Å². The Kier molecular flexibility index (Phi) is 4.18. The molecule has 27 heavy (non-hydrogen) atoms. The molecule has 2 heterocycles. The van der Waals surface area contributed by atoms with Crippen molar-refractivity contribution in [2.75, 3.05) is 13.1 Å². The SMILES string of the molecule is O=C(c1cccc(C(F)(F)F)c1)N1CC(n2cc(-c3ccccc3)nn2)C1. The normalized spacial score (nSPS) is 14.9. The molecule has 0 radical (unpaired) electrons. The van der Waals surface area contributed by atoms with Crippen molar-refractivity contribution in [2.24, 2.45) is 0 Å². The highest BCUT2D eigenvalue weighted by Gasteiger charge is 2.35. The van der Waals surface area contributed by atoms with E-state index in [-0.39, 0.29) is 11.6 Å². The predicted octanol–water partition coefficient (Wildman–Crippen LogP) is 3.66. The molecule has 1 saturated heterocycles. The molecule has 1 fully saturated rings. The highest BCUT2D eigenvalue weighted by molar-refractivity contribution is 5.95. The molecule has 1 aliphatic rings. The van der Waals surface area contributed by atoms with Crippen molar-refractivity contribution in [1.82, 2.24) is 19.9 Å². The van der Waals surface area contributed by atoms with E-state index in [1.54, 1.807) is 4.68 Å². The van der Waals surface area contributed by atoms with E-state index in [4.69, 9.17) is 0 Å². The Labute approximate surface area is 153 Å². The first-order chi connectivity index (χ1) is 12.9. The minimum absolute atomic E-state index is 0.0341. The summed E-state index contributed by atoms with van der Waals surface area (Å²) in [6.07, 6.45) is -2.66. The molecule has 1 aromatic heterocycles. The fourth-order valence-electron chi connectivity index (χ4n) is 3.00. The number of rotatable bonds is 3. The topological polar surface area (TPSA) is 51.0 Å². The number of amides is 1. The lowest BCUT2D eigenvalue weighted by molar-refractivity contribution is -0.137. The van der Waals surface area contributed by atoms with Gasteiger partial charge in [-0.25, -0.2) is 4.68 Å². The molecule has 3 aromatic rings. The third kappa shape index (κ3) is 3.42. The minimum atomic E-state index is -4.47. The first kappa shape index (κ1) is 17.3. The Hall–Kier alpha value is -3.16. The van der Waals surface area contributed by atoms with Crippen molar-refractivity contribution in [3.63, 3.8) is 0 Å². The van der Waals surface area contributed by atoms with Gasteiger partial charge in [0.15, 0.2) is 0 Å². The Morgan fingerprint density at radius 1 is 1.04 bits per heavy atom. The summed E-state index contributed by atoms with van der Waals surface area (Å²) in [6, 6.07) is 14.0. The van der Waals surface area contributed by atoms with Crippen LogP contribution in [-0.2, 0) is 6.18 Å². The largest absolute Gasteiger partial charge is 0.416 e. The average molecular weight is 372 g/mol. The Morgan fingerprint density at radius 2 is 1.78 bits per heavy atom. The van der Waals surface area contributed by atoms with Gasteiger partial charge in [-0.15, -0.1) is 5.10 Å². The van der Waals surface area contributed by atoms with Crippen molar-refractivity contribution >= 4 is 5.91 Å². The van der Waals surface area contributed by atoms with Gasteiger partial charge in [-0.3, -0.25) is 4.79 Å². The molecule has 0 aliphatic carbocycles. The van der Waals surface area contributed by atoms with Crippen molar-refractivity contribution in [2.45, 2.75) is 12.2 Å². The third-order valence-electron chi connectivity index (χ3n) is 4.54. The van der Waals surface area contributed by atoms with E-state index in [1.807, 2.05) is 36.5 Å². The molecule has 5 nitrogen and oxygen atoms in total. The zero-order valence-corrected chi connectivity index (χ0v) is 14.1. The predicted molar refractivity (Wildman–Crippen MR) is 91.8 cm³/mol. The number of nitrogens with zero attached hydrogens (tertiary/aromatic N) is 4. The first-order valence-electron chi connectivity index (χ1n) is 8.35. The van der Waals surface area contributed by atoms with Gasteiger partial charge in [0.05, 0.1) is 17.8 Å². The van der Waals surface area contributed by atoms with E-state index in [0.717, 1.165) is 23.4 Å². The molecule has 2 aromatic carbocycles. The van der Waals surface area contributed by atoms with Gasteiger partial charge in [0, 0.05) is 24.2 Å². The van der Waals surface area contributed by atoms with Crippen molar-refractivity contribution < 1.29 is 18.0 Å². The number of benzene rings is 2. The number of aromatic nitrogens is 3. The lowest BCUT2D eigenvalue weighted by atomic mass is 10.0. The summed E-state index contributed by atoms with van der Waals surface area (Å²) in [7, 11) is 0. The summed E-state index contributed by atoms with van der Waals surface area (Å²) in [5.41, 5.74) is 0.888. The maximum absolute atomic E-state index is 12.8. The number of carbonyl (C=O) groups excluding carboxylic acids is 1. The Bertz CT molecular complexity index is 962. The molecule has 0 spiro atoms. The Balaban J connectivity index is 1.43. The third-order valence-corrected chi connectivity index (χ3v) is 4.54. The zero-order chi connectivity index (χ0) is 19.0. The second kappa shape index (κ2) is 6.53. The number of hydrogen-bond donors (Lipinski definition) is 0. The van der Waals surface area contributed by atoms with E-state index in [2.05, 4.69) is 10.3 Å². The first-order valence-corrected chi connectivity index (χ1v) is 8.35. The van der Waals surface area contributed by atoms with Gasteiger partial charge in [0.25, 0.3) is 5.91 Å². The molecule has 1 aliphatic heterocycles. The molecule has 0 saturated carbocycles. The van der Waals surface area contributed by atoms with Crippen molar-refractivity contribution in [3.8, 4) is 11.3 Å². The van der Waals surface area contributed by atoms with E-state index in [9.17, 15) is 18.0 Å². The van der Waals surface area contributed by atoms with Crippen LogP contribution in [-0.4, -0.2) is 38.9 Å². The molecular weight excluding hydrogens is 357 g/mol. The summed E-state index contributed by atoms with van der Waals surface area (Å²) in [5, 5.41) is 8.25. The van der Waals surface area contributed by atoms with Gasteiger partial charge in [-0.05, 0) is 18.2 Å². The molecule has 0 N–H and O–H groups in total. The van der Waals surface area contributed by atoms with E-state index < -0.39 is 17.6 Å². The minimum Gasteiger partial charge on any atom is -0.334 e. The molecule has 4 rings (SSSR count). The van der Waals surface area contributed by atoms with Crippen LogP contribution in [0.3, 0.4) is 0 Å². The van der Waals surface area contributed by atoms with Gasteiger partial charge in [0.1, 0.15) is 5.69 Å². The van der Waals surface area contributed by atoms with Crippen molar-refractivity contribution in [1.29, 1.82) is 0 Å². The second-order valence-corrected chi connectivity index (χ2v) is 6.39. The molecule has 0 unspecified atom stereocenters. The van der Waals surface area contributed by atoms with E-state index in [1.165, 1.54) is 17.0 Å². The summed E-state index contributed by atoms with van der Waals surface area (Å²) < 4.78 is 40.1. The standard InChI is InChI=1S/C19H15F3N4O/c20-19(21,22)15-8-4-7-14(9-15)18(27)25-10-16(11-25)26-12-17(23-24-26)13-5-2-1-3-6-13/h1-9,12,16H,10-11H2. The van der Waals surface area contributed by atoms with Gasteiger partial charge < -0.3 is 4.90 Å². The second-order valence-electron chi connectivity index (χ2n) is 6.39. The van der Waals surface area contributed by atoms with Crippen molar-refractivity contribution in [3.05, 3.63) is 71.9 Å². The number of likely N-dealkylation sites (tertiary alicyclic amines) is 1. The summed E-state index contributed by atoms with van der Waals surface area (Å²) in [5.74, 6) is -0.416. The number of carbonyl (C=O) groups is 1. The molecule has 0 atom stereocenters. The van der Waals surface area contributed by atoms with Crippen LogP contribution in [0.25, 0.3) is 11.3 Å². The number of halogens is 3. The lowest BCUT2D eigenvalue weighted by Crippen LogP contribution is -2.50. The van der Waals surface area contributed by atoms with Gasteiger partial charge in [-0.2, -0.15) is 13.2 Å². The van der Waals surface area contributed by atoms with Gasteiger partial charge >= 0.3 is 6.18 Å². The lowest BCUT2D eigenvalue weighted by Gasteiger charge is -2.38. The zero-order valence-electron chi connectivity index (χ0n) is 14.1. The van der Waals surface area contributed by atoms with Gasteiger partial charge in [-0.1, -0.05) is 41.6 Å². The van der Waals surface area contributed by atoms with Crippen LogP contribution in [0.5, 0.6) is 0 Å². The van der Waals surface area contributed by atoms with E-state index >= 15 is 0 Å². The van der Waals surface area contributed by atoms with Crippen LogP contribution < -0.4 is 0 Å². The summed E-state index contributed by atoms with van der Waals surface area (Å²) in [6.45, 7) is 0.763. The molecule has 8 heteroatoms. The summed E-state index contributed by atoms with van der Waals surface area (Å²) >= 11 is 0. The average Bonchev–Trinajstić information content (AvgIpc) is 3.10. The molecule has 0 bridgehead atoms. The van der Waals surface area contributed by atoms with Crippen LogP contribution >= 0.6 is 0 Å². The highest BCUT2D eigenvalue weighted by atomic mass is 19.4. The number of hydrogen-bond acceptors (Lipinski definition) is 3. The van der Waals surface area contributed by atoms with Crippen LogP contribution in [0.2, 0.25) is 0 Å². The highest BCUT2D eigenvalue weighted by Crippen LogP contribution is 2.31. The summed E-state index contributed by atoms with van der Waals surface area (Å²) in [4.78, 5) is 13.9. The smallest absolute Gasteiger partial charge is 0.334 e.